The molecule has 1 aliphatic heterocycles. The topological polar surface area (TPSA) is 117 Å². The van der Waals surface area contributed by atoms with E-state index in [9.17, 15) is 19.2 Å². The Labute approximate surface area is 139 Å². The summed E-state index contributed by atoms with van der Waals surface area (Å²) in [5.74, 6) is -5.34. The summed E-state index contributed by atoms with van der Waals surface area (Å²) in [4.78, 5) is 48.1. The lowest BCUT2D eigenvalue weighted by atomic mass is 9.87. The minimum atomic E-state index is -1.38. The van der Waals surface area contributed by atoms with Crippen LogP contribution in [-0.2, 0) is 38.1 Å². The van der Waals surface area contributed by atoms with Crippen LogP contribution >= 0.6 is 0 Å². The van der Waals surface area contributed by atoms with Crippen molar-refractivity contribution in [3.05, 3.63) is 0 Å². The molecule has 3 atom stereocenters. The van der Waals surface area contributed by atoms with E-state index in [-0.39, 0.29) is 0 Å². The molecule has 0 spiro atoms. The molecule has 1 aliphatic rings. The van der Waals surface area contributed by atoms with Crippen LogP contribution in [0, 0.1) is 11.8 Å². The van der Waals surface area contributed by atoms with Gasteiger partial charge in [0, 0.05) is 12.5 Å². The van der Waals surface area contributed by atoms with Crippen LogP contribution in [0.15, 0.2) is 0 Å². The van der Waals surface area contributed by atoms with Gasteiger partial charge in [0.15, 0.2) is 5.92 Å². The predicted molar refractivity (Wildman–Crippen MR) is 79.6 cm³/mol. The first-order valence-corrected chi connectivity index (χ1v) is 7.52. The zero-order valence-electron chi connectivity index (χ0n) is 14.2. The van der Waals surface area contributed by atoms with Gasteiger partial charge in [-0.1, -0.05) is 6.92 Å². The molecule has 1 rings (SSSR count). The highest BCUT2D eigenvalue weighted by Crippen LogP contribution is 2.21. The third-order valence-corrected chi connectivity index (χ3v) is 3.94. The molecule has 0 aliphatic carbocycles. The van der Waals surface area contributed by atoms with Crippen molar-refractivity contribution in [3.63, 3.8) is 0 Å². The van der Waals surface area contributed by atoms with Crippen molar-refractivity contribution in [2.75, 3.05) is 27.9 Å². The van der Waals surface area contributed by atoms with Gasteiger partial charge < -0.3 is 24.3 Å². The molecule has 0 saturated carbocycles. The van der Waals surface area contributed by atoms with E-state index in [1.54, 1.807) is 0 Å². The second-order valence-corrected chi connectivity index (χ2v) is 5.39. The molecule has 0 aromatic rings. The number of amides is 1. The van der Waals surface area contributed by atoms with Crippen LogP contribution in [-0.4, -0.2) is 63.9 Å². The molecule has 0 bridgehead atoms. The molecule has 1 fully saturated rings. The molecule has 0 aromatic heterocycles. The number of ether oxygens (including phenoxy) is 4. The van der Waals surface area contributed by atoms with Crippen molar-refractivity contribution in [2.24, 2.45) is 11.8 Å². The molecule has 0 aromatic carbocycles. The van der Waals surface area contributed by atoms with Gasteiger partial charge in [0.25, 0.3) is 0 Å². The molecule has 0 radical (unpaired) electrons. The van der Waals surface area contributed by atoms with Crippen LogP contribution in [0.4, 0.5) is 0 Å². The molecule has 1 amide bonds. The fourth-order valence-electron chi connectivity index (χ4n) is 2.53. The Morgan fingerprint density at radius 1 is 1.00 bits per heavy atom. The highest BCUT2D eigenvalue weighted by Gasteiger charge is 2.43. The lowest BCUT2D eigenvalue weighted by Gasteiger charge is -2.27. The fraction of sp³-hybridized carbons (Fsp3) is 0.733. The summed E-state index contributed by atoms with van der Waals surface area (Å²) < 4.78 is 19.1. The Balaban J connectivity index is 2.98. The van der Waals surface area contributed by atoms with Gasteiger partial charge in [0.05, 0.1) is 21.3 Å². The number of hydrogen-bond acceptors (Lipinski definition) is 8. The third kappa shape index (κ3) is 4.67. The number of esters is 3. The zero-order chi connectivity index (χ0) is 18.3. The maximum absolute atomic E-state index is 12.2. The van der Waals surface area contributed by atoms with Gasteiger partial charge in [-0.05, 0) is 12.8 Å². The van der Waals surface area contributed by atoms with Crippen LogP contribution in [0.25, 0.3) is 0 Å². The summed E-state index contributed by atoms with van der Waals surface area (Å²) in [6.45, 7) is 1.92. The van der Waals surface area contributed by atoms with Crippen molar-refractivity contribution in [3.8, 4) is 0 Å². The minimum Gasteiger partial charge on any atom is -0.468 e. The number of carbonyl (C=O) groups excluding carboxylic acids is 4. The molecule has 1 saturated heterocycles. The van der Waals surface area contributed by atoms with Gasteiger partial charge >= 0.3 is 17.9 Å². The van der Waals surface area contributed by atoms with Crippen molar-refractivity contribution >= 4 is 23.8 Å². The Morgan fingerprint density at radius 2 is 1.54 bits per heavy atom. The molecule has 24 heavy (non-hydrogen) atoms. The average molecular weight is 345 g/mol. The van der Waals surface area contributed by atoms with Crippen molar-refractivity contribution in [2.45, 2.75) is 31.9 Å². The van der Waals surface area contributed by atoms with E-state index in [1.807, 2.05) is 0 Å². The predicted octanol–water partition coefficient (Wildman–Crippen LogP) is -0.578. The Hall–Kier alpha value is -2.16. The fourth-order valence-corrected chi connectivity index (χ4v) is 2.53. The van der Waals surface area contributed by atoms with Crippen molar-refractivity contribution in [1.29, 1.82) is 0 Å². The summed E-state index contributed by atoms with van der Waals surface area (Å²) in [6.07, 6.45) is 0.605. The van der Waals surface area contributed by atoms with Gasteiger partial charge in [-0.25, -0.2) is 4.79 Å². The highest BCUT2D eigenvalue weighted by atomic mass is 16.5. The summed E-state index contributed by atoms with van der Waals surface area (Å²) in [5, 5.41) is 2.49. The molecular formula is C15H23NO8. The smallest absolute Gasteiger partial charge is 0.328 e. The summed E-state index contributed by atoms with van der Waals surface area (Å²) in [5.41, 5.74) is 0. The van der Waals surface area contributed by atoms with Gasteiger partial charge in [-0.2, -0.15) is 0 Å². The monoisotopic (exact) mass is 345 g/mol. The number of nitrogens with one attached hydrogen (secondary N) is 1. The maximum Gasteiger partial charge on any atom is 0.328 e. The SMILES string of the molecule is COC(=O)C(C(=O)OC)[C@H](C)[C@H](NC(=O)[C@H]1CCCO1)C(=O)OC. The maximum atomic E-state index is 12.2. The molecule has 9 heteroatoms. The van der Waals surface area contributed by atoms with Crippen LogP contribution in [0.5, 0.6) is 0 Å². The Bertz CT molecular complexity index is 470. The lowest BCUT2D eigenvalue weighted by molar-refractivity contribution is -0.163. The van der Waals surface area contributed by atoms with Gasteiger partial charge in [0.2, 0.25) is 5.91 Å². The second-order valence-electron chi connectivity index (χ2n) is 5.39. The Morgan fingerprint density at radius 3 is 1.96 bits per heavy atom. The number of hydrogen-bond donors (Lipinski definition) is 1. The zero-order valence-corrected chi connectivity index (χ0v) is 14.2. The van der Waals surface area contributed by atoms with Crippen LogP contribution < -0.4 is 5.32 Å². The van der Waals surface area contributed by atoms with E-state index < -0.39 is 47.8 Å². The Kier molecular flexibility index (Phi) is 7.63. The second kappa shape index (κ2) is 9.21. The van der Waals surface area contributed by atoms with E-state index in [0.29, 0.717) is 13.0 Å². The van der Waals surface area contributed by atoms with Gasteiger partial charge in [-0.3, -0.25) is 14.4 Å². The van der Waals surface area contributed by atoms with Crippen LogP contribution in [0.3, 0.4) is 0 Å². The lowest BCUT2D eigenvalue weighted by Crippen LogP contribution is -2.53. The normalized spacial score (nSPS) is 19.3. The third-order valence-electron chi connectivity index (χ3n) is 3.94. The van der Waals surface area contributed by atoms with Crippen LogP contribution in [0.1, 0.15) is 19.8 Å². The molecule has 1 heterocycles. The quantitative estimate of drug-likeness (QED) is 0.370. The van der Waals surface area contributed by atoms with E-state index >= 15 is 0 Å². The number of methoxy groups -OCH3 is 3. The first-order chi connectivity index (χ1) is 11.4. The summed E-state index contributed by atoms with van der Waals surface area (Å²) in [6, 6.07) is -1.23. The first-order valence-electron chi connectivity index (χ1n) is 7.52. The van der Waals surface area contributed by atoms with Crippen LogP contribution in [0.2, 0.25) is 0 Å². The standard InChI is InChI=1S/C15H23NO8/c1-8(10(13(18)21-2)14(19)22-3)11(15(20)23-4)16-12(17)9-6-5-7-24-9/h8-11H,5-7H2,1-4H3,(H,16,17)/t8-,9+,11-/m0/s1. The molecule has 9 nitrogen and oxygen atoms in total. The van der Waals surface area contributed by atoms with E-state index in [4.69, 9.17) is 4.74 Å². The van der Waals surface area contributed by atoms with E-state index in [0.717, 1.165) is 27.8 Å². The average Bonchev–Trinajstić information content (AvgIpc) is 3.12. The first kappa shape index (κ1) is 19.9. The van der Waals surface area contributed by atoms with Crippen molar-refractivity contribution < 1.29 is 38.1 Å². The molecule has 0 unspecified atom stereocenters. The minimum absolute atomic E-state index is 0.462. The molecular weight excluding hydrogens is 322 g/mol. The van der Waals surface area contributed by atoms with E-state index in [1.165, 1.54) is 6.92 Å². The molecule has 136 valence electrons. The number of rotatable bonds is 7. The van der Waals surface area contributed by atoms with Gasteiger partial charge in [0.1, 0.15) is 12.1 Å². The summed E-state index contributed by atoms with van der Waals surface area (Å²) in [7, 11) is 3.37. The van der Waals surface area contributed by atoms with E-state index in [2.05, 4.69) is 19.5 Å². The summed E-state index contributed by atoms with van der Waals surface area (Å²) >= 11 is 0. The number of carbonyl (C=O) groups is 4. The highest BCUT2D eigenvalue weighted by molar-refractivity contribution is 5.96. The van der Waals surface area contributed by atoms with Crippen molar-refractivity contribution in [1.82, 2.24) is 5.32 Å². The molecule has 1 N–H and O–H groups in total. The largest absolute Gasteiger partial charge is 0.468 e. The van der Waals surface area contributed by atoms with Gasteiger partial charge in [-0.15, -0.1) is 0 Å².